The Labute approximate surface area is 261 Å². The van der Waals surface area contributed by atoms with Crippen molar-refractivity contribution >= 4 is 5.91 Å². The second-order valence-electron chi connectivity index (χ2n) is 11.9. The van der Waals surface area contributed by atoms with Gasteiger partial charge in [-0.25, -0.2) is 0 Å². The van der Waals surface area contributed by atoms with Crippen molar-refractivity contribution in [2.45, 2.75) is 180 Å². The van der Waals surface area contributed by atoms with Crippen LogP contribution in [0.5, 0.6) is 0 Å². The number of aliphatic hydroxyl groups is 2. The van der Waals surface area contributed by atoms with Crippen molar-refractivity contribution < 1.29 is 15.0 Å². The molecule has 3 N–H and O–H groups in total. The van der Waals surface area contributed by atoms with Gasteiger partial charge in [0.15, 0.2) is 0 Å². The number of rotatable bonds is 31. The molecule has 0 heterocycles. The lowest BCUT2D eigenvalue weighted by molar-refractivity contribution is -0.123. The van der Waals surface area contributed by atoms with Crippen LogP contribution in [-0.2, 0) is 4.79 Å². The monoisotopic (exact) mass is 588 g/mol. The summed E-state index contributed by atoms with van der Waals surface area (Å²) >= 11 is 0. The Morgan fingerprint density at radius 3 is 1.48 bits per heavy atom. The summed E-state index contributed by atoms with van der Waals surface area (Å²) in [5.74, 6) is -0.0869. The molecule has 2 atom stereocenters. The summed E-state index contributed by atoms with van der Waals surface area (Å²) < 4.78 is 0. The summed E-state index contributed by atoms with van der Waals surface area (Å²) in [4.78, 5) is 12.3. The molecule has 0 radical (unpaired) electrons. The van der Waals surface area contributed by atoms with Gasteiger partial charge < -0.3 is 15.5 Å². The molecule has 0 aliphatic carbocycles. The third-order valence-electron chi connectivity index (χ3n) is 7.74. The topological polar surface area (TPSA) is 69.6 Å². The lowest BCUT2D eigenvalue weighted by Crippen LogP contribution is -2.45. The minimum atomic E-state index is -0.869. The largest absolute Gasteiger partial charge is 0.394 e. The summed E-state index contributed by atoms with van der Waals surface area (Å²) in [6.07, 6.45) is 44.8. The standard InChI is InChI=1S/C38H69NO3/c1-3-5-7-9-11-13-15-16-17-18-19-20-21-22-24-26-28-30-32-34-38(42)39-36(35-40)37(41)33-31-29-27-25-23-14-12-10-8-6-4-2/h8,10,18-19,23,25,31,33,36-37,40-41H,3-7,9,11-17,20-22,24,26-30,32,34-35H2,1-2H3,(H,39,42)/b10-8+,19-18-,25-23+,33-31+. The smallest absolute Gasteiger partial charge is 0.220 e. The van der Waals surface area contributed by atoms with Crippen molar-refractivity contribution in [2.75, 3.05) is 6.61 Å². The van der Waals surface area contributed by atoms with Crippen LogP contribution in [-0.4, -0.2) is 34.9 Å². The first-order valence-corrected chi connectivity index (χ1v) is 17.9. The van der Waals surface area contributed by atoms with Gasteiger partial charge in [-0.2, -0.15) is 0 Å². The maximum absolute atomic E-state index is 12.3. The van der Waals surface area contributed by atoms with Crippen LogP contribution in [0.1, 0.15) is 168 Å². The van der Waals surface area contributed by atoms with E-state index in [1.807, 2.05) is 6.08 Å². The number of nitrogens with one attached hydrogen (secondary N) is 1. The molecule has 1 amide bonds. The molecular formula is C38H69NO3. The third kappa shape index (κ3) is 29.8. The molecule has 244 valence electrons. The van der Waals surface area contributed by atoms with E-state index in [0.29, 0.717) is 6.42 Å². The van der Waals surface area contributed by atoms with E-state index in [-0.39, 0.29) is 12.5 Å². The number of unbranched alkanes of at least 4 members (excludes halogenated alkanes) is 18. The fraction of sp³-hybridized carbons (Fsp3) is 0.763. The van der Waals surface area contributed by atoms with Gasteiger partial charge in [0.25, 0.3) is 0 Å². The minimum Gasteiger partial charge on any atom is -0.394 e. The van der Waals surface area contributed by atoms with E-state index in [4.69, 9.17) is 0 Å². The molecular weight excluding hydrogens is 518 g/mol. The van der Waals surface area contributed by atoms with Crippen LogP contribution in [0.3, 0.4) is 0 Å². The Kier molecular flexibility index (Phi) is 32.5. The van der Waals surface area contributed by atoms with Gasteiger partial charge in [0.05, 0.1) is 18.8 Å². The minimum absolute atomic E-state index is 0.0869. The molecule has 0 fully saturated rings. The van der Waals surface area contributed by atoms with Crippen LogP contribution in [0.4, 0.5) is 0 Å². The molecule has 0 aromatic heterocycles. The number of allylic oxidation sites excluding steroid dienone is 7. The molecule has 0 saturated heterocycles. The van der Waals surface area contributed by atoms with Crippen LogP contribution in [0.2, 0.25) is 0 Å². The van der Waals surface area contributed by atoms with Gasteiger partial charge >= 0.3 is 0 Å². The highest BCUT2D eigenvalue weighted by Gasteiger charge is 2.17. The van der Waals surface area contributed by atoms with Gasteiger partial charge in [0.1, 0.15) is 0 Å². The number of amides is 1. The first-order chi connectivity index (χ1) is 20.7. The molecule has 0 aromatic rings. The van der Waals surface area contributed by atoms with Crippen molar-refractivity contribution in [1.82, 2.24) is 5.32 Å². The van der Waals surface area contributed by atoms with E-state index in [2.05, 4.69) is 55.6 Å². The van der Waals surface area contributed by atoms with Crippen LogP contribution in [0, 0.1) is 0 Å². The zero-order valence-corrected chi connectivity index (χ0v) is 27.8. The van der Waals surface area contributed by atoms with Crippen LogP contribution in [0.15, 0.2) is 48.6 Å². The summed E-state index contributed by atoms with van der Waals surface area (Å²) in [5.41, 5.74) is 0. The quantitative estimate of drug-likeness (QED) is 0.0558. The van der Waals surface area contributed by atoms with E-state index in [1.165, 1.54) is 103 Å². The van der Waals surface area contributed by atoms with E-state index in [1.54, 1.807) is 6.08 Å². The predicted octanol–water partition coefficient (Wildman–Crippen LogP) is 10.5. The lowest BCUT2D eigenvalue weighted by Gasteiger charge is -2.19. The lowest BCUT2D eigenvalue weighted by atomic mass is 10.1. The highest BCUT2D eigenvalue weighted by Crippen LogP contribution is 2.12. The number of aliphatic hydroxyl groups excluding tert-OH is 2. The van der Waals surface area contributed by atoms with Gasteiger partial charge in [0.2, 0.25) is 5.91 Å². The van der Waals surface area contributed by atoms with Crippen molar-refractivity contribution in [3.63, 3.8) is 0 Å². The molecule has 0 saturated carbocycles. The number of hydrogen-bond donors (Lipinski definition) is 3. The zero-order valence-electron chi connectivity index (χ0n) is 27.8. The summed E-state index contributed by atoms with van der Waals surface area (Å²) in [5, 5.41) is 22.8. The molecule has 4 heteroatoms. The fourth-order valence-corrected chi connectivity index (χ4v) is 4.97. The molecule has 0 spiro atoms. The van der Waals surface area contributed by atoms with Crippen LogP contribution in [0.25, 0.3) is 0 Å². The Bertz CT molecular complexity index is 682. The first-order valence-electron chi connectivity index (χ1n) is 17.9. The summed E-state index contributed by atoms with van der Waals surface area (Å²) in [6, 6.07) is -0.645. The molecule has 4 nitrogen and oxygen atoms in total. The molecule has 0 aliphatic heterocycles. The molecule has 0 aliphatic rings. The molecule has 42 heavy (non-hydrogen) atoms. The van der Waals surface area contributed by atoms with Gasteiger partial charge in [-0.15, -0.1) is 0 Å². The number of carbonyl (C=O) groups excluding carboxylic acids is 1. The normalized spacial score (nSPS) is 13.7. The Morgan fingerprint density at radius 2 is 0.976 bits per heavy atom. The second kappa shape index (κ2) is 33.8. The SMILES string of the molecule is CCC/C=C/CC/C=C/CC/C=C/C(O)C(CO)NC(=O)CCCCCCCCC/C=C\CCCCCCCCCC. The molecule has 0 bridgehead atoms. The summed E-state index contributed by atoms with van der Waals surface area (Å²) in [6.45, 7) is 4.20. The molecule has 2 unspecified atom stereocenters. The van der Waals surface area contributed by atoms with Gasteiger partial charge in [0, 0.05) is 6.42 Å². The van der Waals surface area contributed by atoms with E-state index < -0.39 is 12.1 Å². The number of carbonyl (C=O) groups is 1. The van der Waals surface area contributed by atoms with Crippen LogP contribution < -0.4 is 5.32 Å². The van der Waals surface area contributed by atoms with Gasteiger partial charge in [-0.1, -0.05) is 146 Å². The maximum atomic E-state index is 12.3. The molecule has 0 rings (SSSR count). The third-order valence-corrected chi connectivity index (χ3v) is 7.74. The Balaban J connectivity index is 3.66. The first kappa shape index (κ1) is 40.4. The Morgan fingerprint density at radius 1 is 0.548 bits per heavy atom. The van der Waals surface area contributed by atoms with E-state index >= 15 is 0 Å². The zero-order chi connectivity index (χ0) is 30.8. The van der Waals surface area contributed by atoms with Crippen molar-refractivity contribution in [3.05, 3.63) is 48.6 Å². The van der Waals surface area contributed by atoms with Crippen molar-refractivity contribution in [1.29, 1.82) is 0 Å². The van der Waals surface area contributed by atoms with E-state index in [9.17, 15) is 15.0 Å². The highest BCUT2D eigenvalue weighted by molar-refractivity contribution is 5.76. The van der Waals surface area contributed by atoms with Gasteiger partial charge in [-0.3, -0.25) is 4.79 Å². The second-order valence-corrected chi connectivity index (χ2v) is 11.9. The fourth-order valence-electron chi connectivity index (χ4n) is 4.97. The van der Waals surface area contributed by atoms with Crippen LogP contribution >= 0.6 is 0 Å². The Hall–Kier alpha value is -1.65. The predicted molar refractivity (Wildman–Crippen MR) is 184 cm³/mol. The average Bonchev–Trinajstić information content (AvgIpc) is 2.99. The van der Waals surface area contributed by atoms with Gasteiger partial charge in [-0.05, 0) is 64.2 Å². The van der Waals surface area contributed by atoms with E-state index in [0.717, 1.165) is 44.9 Å². The highest BCUT2D eigenvalue weighted by atomic mass is 16.3. The maximum Gasteiger partial charge on any atom is 0.220 e. The average molecular weight is 588 g/mol. The van der Waals surface area contributed by atoms with Crippen molar-refractivity contribution in [3.8, 4) is 0 Å². The summed E-state index contributed by atoms with van der Waals surface area (Å²) in [7, 11) is 0. The number of hydrogen-bond acceptors (Lipinski definition) is 3. The molecule has 0 aromatic carbocycles. The van der Waals surface area contributed by atoms with Crippen molar-refractivity contribution in [2.24, 2.45) is 0 Å².